The quantitative estimate of drug-likeness (QED) is 0.163. The standard InChI is InChI=1S/C51H35N3/c1-2-15-35(16-3-1)49-43-23-8-10-25-45(43)50(46-26-11-9-24-44(46)49)38-18-12-19-39(31-38)51-53-47(37-28-27-34-14-4-5-17-36(34)30-37)32-48(54-51)42-22-7-6-21-41(42)40-20-13-29-52-33-40/h1-4,6-16,18-33H,5,17H2. The Labute approximate surface area is 315 Å². The average Bonchev–Trinajstić information content (AvgIpc) is 3.26. The topological polar surface area (TPSA) is 38.7 Å². The van der Waals surface area contributed by atoms with Crippen LogP contribution < -0.4 is 0 Å². The minimum atomic E-state index is 0.692. The monoisotopic (exact) mass is 689 g/mol. The molecular weight excluding hydrogens is 655 g/mol. The zero-order valence-electron chi connectivity index (χ0n) is 29.7. The molecule has 0 fully saturated rings. The minimum absolute atomic E-state index is 0.692. The Hall–Kier alpha value is -6.97. The first-order chi connectivity index (χ1) is 26.8. The molecule has 7 aromatic carbocycles. The molecular formula is C51H35N3. The van der Waals surface area contributed by atoms with Gasteiger partial charge in [-0.1, -0.05) is 152 Å². The lowest BCUT2D eigenvalue weighted by Gasteiger charge is -2.18. The second-order valence-electron chi connectivity index (χ2n) is 13.9. The van der Waals surface area contributed by atoms with Gasteiger partial charge in [0, 0.05) is 34.6 Å². The van der Waals surface area contributed by atoms with Crippen molar-refractivity contribution in [3.05, 3.63) is 193 Å². The van der Waals surface area contributed by atoms with Crippen molar-refractivity contribution in [2.24, 2.45) is 0 Å². The van der Waals surface area contributed by atoms with Crippen LogP contribution in [0.4, 0.5) is 0 Å². The van der Waals surface area contributed by atoms with Crippen LogP contribution in [-0.2, 0) is 6.42 Å². The summed E-state index contributed by atoms with van der Waals surface area (Å²) < 4.78 is 0. The number of hydrogen-bond acceptors (Lipinski definition) is 3. The van der Waals surface area contributed by atoms with Gasteiger partial charge in [-0.15, -0.1) is 0 Å². The van der Waals surface area contributed by atoms with E-state index in [0.717, 1.165) is 57.6 Å². The summed E-state index contributed by atoms with van der Waals surface area (Å²) in [5.74, 6) is 0.692. The molecule has 0 unspecified atom stereocenters. The molecule has 0 amide bonds. The molecule has 0 aliphatic heterocycles. The number of nitrogens with zero attached hydrogens (tertiary/aromatic N) is 3. The summed E-state index contributed by atoms with van der Waals surface area (Å²) in [7, 11) is 0. The number of aryl methyl sites for hydroxylation is 1. The van der Waals surface area contributed by atoms with E-state index in [9.17, 15) is 0 Å². The summed E-state index contributed by atoms with van der Waals surface area (Å²) in [5, 5.41) is 4.90. The van der Waals surface area contributed by atoms with Crippen LogP contribution in [0.2, 0.25) is 0 Å². The summed E-state index contributed by atoms with van der Waals surface area (Å²) in [6.07, 6.45) is 10.3. The van der Waals surface area contributed by atoms with Crippen molar-refractivity contribution in [2.45, 2.75) is 12.8 Å². The minimum Gasteiger partial charge on any atom is -0.264 e. The fraction of sp³-hybridized carbons (Fsp3) is 0.0392. The predicted molar refractivity (Wildman–Crippen MR) is 225 cm³/mol. The van der Waals surface area contributed by atoms with Gasteiger partial charge in [0.1, 0.15) is 0 Å². The number of aromatic nitrogens is 3. The molecule has 2 heterocycles. The van der Waals surface area contributed by atoms with Crippen molar-refractivity contribution in [3.63, 3.8) is 0 Å². The summed E-state index contributed by atoms with van der Waals surface area (Å²) in [4.78, 5) is 15.1. The normalized spacial score (nSPS) is 12.2. The van der Waals surface area contributed by atoms with Gasteiger partial charge >= 0.3 is 0 Å². The Morgan fingerprint density at radius 3 is 1.80 bits per heavy atom. The van der Waals surface area contributed by atoms with Gasteiger partial charge in [-0.05, 0) is 97.6 Å². The lowest BCUT2D eigenvalue weighted by molar-refractivity contribution is 0.986. The third-order valence-electron chi connectivity index (χ3n) is 10.6. The van der Waals surface area contributed by atoms with E-state index < -0.39 is 0 Å². The zero-order chi connectivity index (χ0) is 35.8. The van der Waals surface area contributed by atoms with E-state index in [4.69, 9.17) is 9.97 Å². The maximum atomic E-state index is 5.34. The lowest BCUT2D eigenvalue weighted by Crippen LogP contribution is -1.99. The van der Waals surface area contributed by atoms with Crippen molar-refractivity contribution < 1.29 is 0 Å². The highest BCUT2D eigenvalue weighted by molar-refractivity contribution is 6.21. The highest BCUT2D eigenvalue weighted by Crippen LogP contribution is 2.44. The number of benzene rings is 7. The maximum absolute atomic E-state index is 5.34. The van der Waals surface area contributed by atoms with Gasteiger partial charge in [0.05, 0.1) is 11.4 Å². The van der Waals surface area contributed by atoms with Crippen molar-refractivity contribution in [2.75, 3.05) is 0 Å². The third kappa shape index (κ3) is 5.67. The Kier molecular flexibility index (Phi) is 7.96. The Morgan fingerprint density at radius 2 is 1.06 bits per heavy atom. The maximum Gasteiger partial charge on any atom is 0.160 e. The average molecular weight is 690 g/mol. The Bertz CT molecular complexity index is 2820. The molecule has 9 aromatic rings. The fourth-order valence-electron chi connectivity index (χ4n) is 8.10. The number of fused-ring (bicyclic) bond motifs is 3. The predicted octanol–water partition coefficient (Wildman–Crippen LogP) is 13.1. The summed E-state index contributed by atoms with van der Waals surface area (Å²) in [5.41, 5.74) is 14.5. The molecule has 54 heavy (non-hydrogen) atoms. The van der Waals surface area contributed by atoms with Gasteiger partial charge in [0.25, 0.3) is 0 Å². The molecule has 3 heteroatoms. The molecule has 0 atom stereocenters. The van der Waals surface area contributed by atoms with Crippen LogP contribution in [0.1, 0.15) is 17.5 Å². The highest BCUT2D eigenvalue weighted by atomic mass is 14.9. The van der Waals surface area contributed by atoms with Crippen LogP contribution in [0.15, 0.2) is 182 Å². The van der Waals surface area contributed by atoms with Crippen LogP contribution in [0, 0.1) is 0 Å². The van der Waals surface area contributed by atoms with Crippen LogP contribution in [0.3, 0.4) is 0 Å². The summed E-state index contributed by atoms with van der Waals surface area (Å²) in [6.45, 7) is 0. The van der Waals surface area contributed by atoms with Gasteiger partial charge in [-0.3, -0.25) is 4.98 Å². The van der Waals surface area contributed by atoms with Crippen molar-refractivity contribution in [3.8, 4) is 67.3 Å². The molecule has 10 rings (SSSR count). The van der Waals surface area contributed by atoms with Gasteiger partial charge in [0.15, 0.2) is 5.82 Å². The molecule has 0 saturated heterocycles. The SMILES string of the molecule is C1=Cc2ccc(-c3cc(-c4ccccc4-c4cccnc4)nc(-c4cccc(-c5c6ccccc6c(-c6ccccc6)c6ccccc56)c4)n3)cc2CC1. The first kappa shape index (κ1) is 31.7. The summed E-state index contributed by atoms with van der Waals surface area (Å²) >= 11 is 0. The summed E-state index contributed by atoms with van der Waals surface area (Å²) in [6, 6.07) is 58.5. The van der Waals surface area contributed by atoms with Crippen LogP contribution in [-0.4, -0.2) is 15.0 Å². The first-order valence-corrected chi connectivity index (χ1v) is 18.6. The third-order valence-corrected chi connectivity index (χ3v) is 10.6. The van der Waals surface area contributed by atoms with E-state index in [1.807, 2.05) is 18.5 Å². The Balaban J connectivity index is 1.19. The zero-order valence-corrected chi connectivity index (χ0v) is 29.7. The van der Waals surface area contributed by atoms with Crippen LogP contribution >= 0.6 is 0 Å². The molecule has 0 radical (unpaired) electrons. The van der Waals surface area contributed by atoms with E-state index in [1.165, 1.54) is 49.4 Å². The van der Waals surface area contributed by atoms with Gasteiger partial charge in [0.2, 0.25) is 0 Å². The van der Waals surface area contributed by atoms with E-state index in [1.54, 1.807) is 0 Å². The van der Waals surface area contributed by atoms with Crippen molar-refractivity contribution >= 4 is 27.6 Å². The first-order valence-electron chi connectivity index (χ1n) is 18.6. The molecule has 2 aromatic heterocycles. The van der Waals surface area contributed by atoms with Crippen molar-refractivity contribution in [1.29, 1.82) is 0 Å². The largest absolute Gasteiger partial charge is 0.264 e. The van der Waals surface area contributed by atoms with E-state index >= 15 is 0 Å². The molecule has 0 saturated carbocycles. The van der Waals surface area contributed by atoms with Crippen LogP contribution in [0.25, 0.3) is 94.9 Å². The second-order valence-corrected chi connectivity index (χ2v) is 13.9. The van der Waals surface area contributed by atoms with Gasteiger partial charge in [-0.25, -0.2) is 9.97 Å². The molecule has 1 aliphatic rings. The number of allylic oxidation sites excluding steroid dienone is 1. The second kappa shape index (κ2) is 13.5. The molecule has 0 bridgehead atoms. The van der Waals surface area contributed by atoms with Crippen molar-refractivity contribution in [1.82, 2.24) is 15.0 Å². The smallest absolute Gasteiger partial charge is 0.160 e. The number of hydrogen-bond donors (Lipinski definition) is 0. The fourth-order valence-corrected chi connectivity index (χ4v) is 8.10. The van der Waals surface area contributed by atoms with E-state index in [-0.39, 0.29) is 0 Å². The number of pyridine rings is 1. The molecule has 0 spiro atoms. The van der Waals surface area contributed by atoms with E-state index in [2.05, 4.69) is 175 Å². The Morgan fingerprint density at radius 1 is 0.426 bits per heavy atom. The lowest BCUT2D eigenvalue weighted by atomic mass is 9.85. The molecule has 0 N–H and O–H groups in total. The van der Waals surface area contributed by atoms with E-state index in [0.29, 0.717) is 5.82 Å². The number of rotatable bonds is 6. The van der Waals surface area contributed by atoms with Gasteiger partial charge in [-0.2, -0.15) is 0 Å². The van der Waals surface area contributed by atoms with Crippen LogP contribution in [0.5, 0.6) is 0 Å². The molecule has 3 nitrogen and oxygen atoms in total. The highest BCUT2D eigenvalue weighted by Gasteiger charge is 2.19. The molecule has 254 valence electrons. The molecule has 1 aliphatic carbocycles. The van der Waals surface area contributed by atoms with Gasteiger partial charge < -0.3 is 0 Å².